The quantitative estimate of drug-likeness (QED) is 0.0873. The average molecular weight is 625 g/mol. The van der Waals surface area contributed by atoms with Gasteiger partial charge in [0.15, 0.2) is 22.8 Å². The van der Waals surface area contributed by atoms with E-state index in [1.165, 1.54) is 35.7 Å². The molecule has 0 aliphatic carbocycles. The summed E-state index contributed by atoms with van der Waals surface area (Å²) in [7, 11) is 1.31. The Balaban J connectivity index is 1.72. The number of esters is 2. The fourth-order valence-electron chi connectivity index (χ4n) is 3.19. The van der Waals surface area contributed by atoms with Crippen molar-refractivity contribution in [1.82, 2.24) is 15.4 Å². The third kappa shape index (κ3) is 8.82. The minimum absolute atomic E-state index is 0.0736. The Morgan fingerprint density at radius 1 is 1.37 bits per heavy atom. The smallest absolute Gasteiger partial charge is 0.360 e. The van der Waals surface area contributed by atoms with Crippen LogP contribution < -0.4 is 11.1 Å². The first-order valence-electron chi connectivity index (χ1n) is 12.2. The van der Waals surface area contributed by atoms with E-state index in [0.717, 1.165) is 11.3 Å². The summed E-state index contributed by atoms with van der Waals surface area (Å²) in [5.74, 6) is -0.821. The van der Waals surface area contributed by atoms with Gasteiger partial charge in [0.25, 0.3) is 5.91 Å². The molecule has 2 unspecified atom stereocenters. The number of nitrogens with two attached hydrogens (primary N) is 1. The lowest BCUT2D eigenvalue weighted by Gasteiger charge is -2.49. The summed E-state index contributed by atoms with van der Waals surface area (Å²) in [6.45, 7) is 10.0. The molecule has 0 aromatic carbocycles. The first-order valence-corrected chi connectivity index (χ1v) is 15.1. The number of hydrogen-bond donors (Lipinski definition) is 2. The summed E-state index contributed by atoms with van der Waals surface area (Å²) in [5.41, 5.74) is 8.29. The van der Waals surface area contributed by atoms with Crippen molar-refractivity contribution in [3.63, 3.8) is 0 Å². The number of ether oxygens (including phenoxy) is 2. The molecule has 1 amide bonds. The summed E-state index contributed by atoms with van der Waals surface area (Å²) in [4.78, 5) is 57.0. The number of carbonyl (C=O) groups excluding carboxylic acids is 3. The number of aliphatic imine (C=N–C) groups is 1. The van der Waals surface area contributed by atoms with Crippen LogP contribution in [0.1, 0.15) is 33.4 Å². The van der Waals surface area contributed by atoms with Gasteiger partial charge in [0.1, 0.15) is 18.2 Å². The Morgan fingerprint density at radius 3 is 2.76 bits per heavy atom. The highest BCUT2D eigenvalue weighted by molar-refractivity contribution is 8.12. The molecule has 0 saturated carbocycles. The minimum Gasteiger partial charge on any atom is -0.427 e. The molecular formula is C25H32N6O7S3. The molecule has 1 aromatic rings. The topological polar surface area (TPSA) is 167 Å². The number of oxime groups is 1. The van der Waals surface area contributed by atoms with E-state index in [1.807, 2.05) is 6.08 Å². The first-order chi connectivity index (χ1) is 19.4. The van der Waals surface area contributed by atoms with Gasteiger partial charge in [-0.3, -0.25) is 14.6 Å². The van der Waals surface area contributed by atoms with Crippen molar-refractivity contribution in [1.29, 1.82) is 0 Å². The molecule has 0 spiro atoms. The molecule has 0 radical (unpaired) electrons. The molecule has 222 valence electrons. The van der Waals surface area contributed by atoms with Gasteiger partial charge < -0.3 is 25.4 Å². The number of nitrogen functional groups attached to an aromatic ring is 1. The number of thioether (sulfide) groups is 2. The van der Waals surface area contributed by atoms with Gasteiger partial charge in [0, 0.05) is 22.6 Å². The van der Waals surface area contributed by atoms with Gasteiger partial charge in [-0.15, -0.1) is 34.9 Å². The monoisotopic (exact) mass is 624 g/mol. The van der Waals surface area contributed by atoms with E-state index < -0.39 is 41.7 Å². The number of allylic oxidation sites excluding steroid dienone is 2. The number of anilines is 1. The van der Waals surface area contributed by atoms with Crippen LogP contribution in [-0.2, 0) is 33.5 Å². The molecule has 2 aliphatic heterocycles. The lowest BCUT2D eigenvalue weighted by Crippen LogP contribution is -2.65. The van der Waals surface area contributed by atoms with Crippen LogP contribution >= 0.6 is 34.9 Å². The molecule has 1 saturated heterocycles. The summed E-state index contributed by atoms with van der Waals surface area (Å²) in [5, 5.41) is 9.29. The summed E-state index contributed by atoms with van der Waals surface area (Å²) in [6, 6.07) is 0. The number of rotatable bonds is 12. The molecule has 0 bridgehead atoms. The third-order valence-electron chi connectivity index (χ3n) is 5.13. The van der Waals surface area contributed by atoms with Crippen LogP contribution in [0, 0.1) is 5.41 Å². The summed E-state index contributed by atoms with van der Waals surface area (Å²) >= 11 is 4.07. The molecule has 3 rings (SSSR count). The normalized spacial score (nSPS) is 19.1. The van der Waals surface area contributed by atoms with Crippen LogP contribution in [-0.4, -0.2) is 76.2 Å². The van der Waals surface area contributed by atoms with Crippen LogP contribution in [0.3, 0.4) is 0 Å². The fourth-order valence-corrected chi connectivity index (χ4v) is 5.45. The number of hydroxylamine groups is 2. The summed E-state index contributed by atoms with van der Waals surface area (Å²) in [6.07, 6.45) is 2.89. The van der Waals surface area contributed by atoms with Crippen molar-refractivity contribution in [2.75, 3.05) is 31.1 Å². The molecule has 13 nitrogen and oxygen atoms in total. The maximum atomic E-state index is 13.1. The highest BCUT2D eigenvalue weighted by Gasteiger charge is 2.49. The van der Waals surface area contributed by atoms with Gasteiger partial charge >= 0.3 is 11.9 Å². The number of nitrogens with zero attached hydrogens (tertiary/aromatic N) is 4. The van der Waals surface area contributed by atoms with Gasteiger partial charge in [-0.05, 0) is 33.3 Å². The number of hydrogen-bond acceptors (Lipinski definition) is 15. The Kier molecular flexibility index (Phi) is 11.4. The SMILES string of the molecule is C=C(C)N=CSC/C=C\C1=C(C(=O)OCOC(=O)C(C)(C)C)N2OC(NC(=O)/C(=N\OC)c3csc(N)n3)C2SC1. The van der Waals surface area contributed by atoms with Crippen LogP contribution in [0.2, 0.25) is 0 Å². The predicted molar refractivity (Wildman–Crippen MR) is 160 cm³/mol. The number of thiazole rings is 1. The van der Waals surface area contributed by atoms with E-state index in [2.05, 4.69) is 27.0 Å². The maximum absolute atomic E-state index is 13.1. The van der Waals surface area contributed by atoms with Gasteiger partial charge in [0.2, 0.25) is 6.79 Å². The zero-order valence-electron chi connectivity index (χ0n) is 23.2. The number of aromatic nitrogens is 1. The van der Waals surface area contributed by atoms with E-state index >= 15 is 0 Å². The van der Waals surface area contributed by atoms with Crippen LogP contribution in [0.25, 0.3) is 0 Å². The van der Waals surface area contributed by atoms with Crippen LogP contribution in [0.4, 0.5) is 5.13 Å². The van der Waals surface area contributed by atoms with Crippen LogP contribution in [0.5, 0.6) is 0 Å². The molecule has 2 aliphatic rings. The van der Waals surface area contributed by atoms with Crippen molar-refractivity contribution in [2.24, 2.45) is 15.6 Å². The first kappa shape index (κ1) is 32.2. The lowest BCUT2D eigenvalue weighted by molar-refractivity contribution is -0.297. The highest BCUT2D eigenvalue weighted by Crippen LogP contribution is 2.41. The number of nitrogens with one attached hydrogen (secondary N) is 1. The molecule has 16 heteroatoms. The molecule has 1 aromatic heterocycles. The fraction of sp³-hybridized carbons (Fsp3) is 0.440. The van der Waals surface area contributed by atoms with Crippen molar-refractivity contribution in [3.8, 4) is 0 Å². The second-order valence-electron chi connectivity index (χ2n) is 9.53. The Hall–Kier alpha value is -3.34. The van der Waals surface area contributed by atoms with E-state index in [4.69, 9.17) is 24.9 Å². The molecule has 2 atom stereocenters. The largest absolute Gasteiger partial charge is 0.427 e. The minimum atomic E-state index is -0.786. The van der Waals surface area contributed by atoms with Gasteiger partial charge in [-0.1, -0.05) is 23.9 Å². The van der Waals surface area contributed by atoms with E-state index in [0.29, 0.717) is 22.8 Å². The molecule has 3 heterocycles. The second-order valence-corrected chi connectivity index (χ2v) is 12.4. The van der Waals surface area contributed by atoms with E-state index in [-0.39, 0.29) is 22.2 Å². The van der Waals surface area contributed by atoms with Crippen molar-refractivity contribution < 1.29 is 33.5 Å². The Bertz CT molecular complexity index is 1280. The van der Waals surface area contributed by atoms with Gasteiger partial charge in [-0.2, -0.15) is 0 Å². The van der Waals surface area contributed by atoms with E-state index in [1.54, 1.807) is 44.7 Å². The third-order valence-corrected chi connectivity index (χ3v) is 7.70. The highest BCUT2D eigenvalue weighted by atomic mass is 32.2. The Morgan fingerprint density at radius 2 is 2.12 bits per heavy atom. The molecule has 41 heavy (non-hydrogen) atoms. The second kappa shape index (κ2) is 14.5. The molecule has 3 N–H and O–H groups in total. The standard InChI is InChI=1S/C25H32N6O7S3/c1-14(2)27-12-39-9-7-8-15-10-40-21-20(29-19(32)17(30-35-6)16-11-41-24(26)28-16)38-31(21)18(15)22(33)36-13-37-23(34)25(3,4)5/h7-8,11-12,20-21H,1,9-10,13H2,2-6H3,(H2,26,28)(H,29,32)/b8-7-,27-12?,30-17-. The number of amides is 1. The molecule has 1 fully saturated rings. The van der Waals surface area contributed by atoms with Crippen molar-refractivity contribution in [2.45, 2.75) is 39.3 Å². The van der Waals surface area contributed by atoms with E-state index in [9.17, 15) is 14.4 Å². The van der Waals surface area contributed by atoms with Crippen molar-refractivity contribution >= 4 is 69.1 Å². The average Bonchev–Trinajstić information content (AvgIpc) is 3.32. The lowest BCUT2D eigenvalue weighted by atomic mass is 9.98. The zero-order valence-corrected chi connectivity index (χ0v) is 25.7. The van der Waals surface area contributed by atoms with Gasteiger partial charge in [-0.25, -0.2) is 19.7 Å². The number of carbonyl (C=O) groups is 3. The van der Waals surface area contributed by atoms with Gasteiger partial charge in [0.05, 0.1) is 11.0 Å². The predicted octanol–water partition coefficient (Wildman–Crippen LogP) is 3.03. The summed E-state index contributed by atoms with van der Waals surface area (Å²) < 4.78 is 10.4. The maximum Gasteiger partial charge on any atom is 0.360 e. The van der Waals surface area contributed by atoms with Crippen molar-refractivity contribution in [3.05, 3.63) is 46.8 Å². The zero-order chi connectivity index (χ0) is 30.2. The van der Waals surface area contributed by atoms with Crippen LogP contribution in [0.15, 0.2) is 51.2 Å². The number of fused-ring (bicyclic) bond motifs is 1. The molecular weight excluding hydrogens is 593 g/mol. The Labute approximate surface area is 250 Å².